The predicted molar refractivity (Wildman–Crippen MR) is 87.8 cm³/mol. The van der Waals surface area contributed by atoms with Crippen LogP contribution in [-0.2, 0) is 11.2 Å². The Labute approximate surface area is 128 Å². The summed E-state index contributed by atoms with van der Waals surface area (Å²) in [5, 5.41) is 3.42. The summed E-state index contributed by atoms with van der Waals surface area (Å²) in [6.45, 7) is 6.57. The standard InChI is InChI=1S/C18H28N2O/c1-13(2)15-5-6-17(14-7-9-19-10-8-14)16(11-15)12-18(21)20(3)4/h5-6,11,13-14,19H,7-10,12H2,1-4H3. The Kier molecular flexibility index (Phi) is 5.40. The van der Waals surface area contributed by atoms with Crippen LogP contribution >= 0.6 is 0 Å². The Bertz CT molecular complexity index is 488. The summed E-state index contributed by atoms with van der Waals surface area (Å²) in [5.41, 5.74) is 3.94. The fourth-order valence-electron chi connectivity index (χ4n) is 2.99. The smallest absolute Gasteiger partial charge is 0.226 e. The van der Waals surface area contributed by atoms with E-state index in [4.69, 9.17) is 0 Å². The highest BCUT2D eigenvalue weighted by Gasteiger charge is 2.20. The van der Waals surface area contributed by atoms with Crippen LogP contribution in [0.5, 0.6) is 0 Å². The first-order chi connectivity index (χ1) is 9.99. The van der Waals surface area contributed by atoms with Crippen molar-refractivity contribution in [1.29, 1.82) is 0 Å². The van der Waals surface area contributed by atoms with Gasteiger partial charge in [0, 0.05) is 14.1 Å². The third kappa shape index (κ3) is 4.07. The van der Waals surface area contributed by atoms with Crippen LogP contribution in [0.2, 0.25) is 0 Å². The predicted octanol–water partition coefficient (Wildman–Crippen LogP) is 2.91. The minimum Gasteiger partial charge on any atom is -0.349 e. The first kappa shape index (κ1) is 16.0. The molecule has 2 rings (SSSR count). The Morgan fingerprint density at radius 2 is 1.95 bits per heavy atom. The fraction of sp³-hybridized carbons (Fsp3) is 0.611. The van der Waals surface area contributed by atoms with Gasteiger partial charge in [-0.2, -0.15) is 0 Å². The minimum atomic E-state index is 0.186. The van der Waals surface area contributed by atoms with E-state index in [1.54, 1.807) is 4.90 Å². The lowest BCUT2D eigenvalue weighted by atomic mass is 9.84. The summed E-state index contributed by atoms with van der Waals surface area (Å²) in [4.78, 5) is 13.8. The summed E-state index contributed by atoms with van der Waals surface area (Å²) in [6.07, 6.45) is 2.86. The molecule has 3 nitrogen and oxygen atoms in total. The van der Waals surface area contributed by atoms with E-state index in [1.807, 2.05) is 14.1 Å². The van der Waals surface area contributed by atoms with Crippen LogP contribution < -0.4 is 5.32 Å². The van der Waals surface area contributed by atoms with Crippen molar-refractivity contribution >= 4 is 5.91 Å². The van der Waals surface area contributed by atoms with Gasteiger partial charge in [0.1, 0.15) is 0 Å². The van der Waals surface area contributed by atoms with Gasteiger partial charge in [-0.05, 0) is 54.5 Å². The number of piperidine rings is 1. The summed E-state index contributed by atoms with van der Waals surface area (Å²) < 4.78 is 0. The molecule has 1 aromatic carbocycles. The molecule has 0 atom stereocenters. The number of likely N-dealkylation sites (N-methyl/N-ethyl adjacent to an activating group) is 1. The number of rotatable bonds is 4. The van der Waals surface area contributed by atoms with Gasteiger partial charge in [-0.3, -0.25) is 4.79 Å². The molecule has 0 saturated carbocycles. The highest BCUT2D eigenvalue weighted by molar-refractivity contribution is 5.78. The number of nitrogens with zero attached hydrogens (tertiary/aromatic N) is 1. The molecule has 1 aliphatic heterocycles. The normalized spacial score (nSPS) is 16.2. The zero-order chi connectivity index (χ0) is 15.4. The van der Waals surface area contributed by atoms with Crippen molar-refractivity contribution in [1.82, 2.24) is 10.2 Å². The van der Waals surface area contributed by atoms with Crippen molar-refractivity contribution in [2.45, 2.75) is 44.9 Å². The maximum atomic E-state index is 12.1. The third-order valence-electron chi connectivity index (χ3n) is 4.45. The van der Waals surface area contributed by atoms with Gasteiger partial charge in [-0.25, -0.2) is 0 Å². The number of amides is 1. The Morgan fingerprint density at radius 3 is 2.52 bits per heavy atom. The first-order valence-corrected chi connectivity index (χ1v) is 8.02. The van der Waals surface area contributed by atoms with Gasteiger partial charge < -0.3 is 10.2 Å². The average molecular weight is 288 g/mol. The van der Waals surface area contributed by atoms with Crippen LogP contribution in [0.25, 0.3) is 0 Å². The maximum Gasteiger partial charge on any atom is 0.226 e. The van der Waals surface area contributed by atoms with Gasteiger partial charge in [-0.1, -0.05) is 32.0 Å². The van der Waals surface area contributed by atoms with Crippen LogP contribution in [0.3, 0.4) is 0 Å². The molecule has 1 saturated heterocycles. The van der Waals surface area contributed by atoms with Crippen LogP contribution in [-0.4, -0.2) is 38.0 Å². The molecule has 21 heavy (non-hydrogen) atoms. The Morgan fingerprint density at radius 1 is 1.29 bits per heavy atom. The molecule has 1 aromatic rings. The second-order valence-electron chi connectivity index (χ2n) is 6.60. The van der Waals surface area contributed by atoms with Crippen LogP contribution in [0, 0.1) is 0 Å². The molecule has 0 radical (unpaired) electrons. The summed E-state index contributed by atoms with van der Waals surface area (Å²) in [7, 11) is 3.66. The number of carbonyl (C=O) groups is 1. The van der Waals surface area contributed by atoms with Crippen LogP contribution in [0.4, 0.5) is 0 Å². The molecular formula is C18H28N2O. The van der Waals surface area contributed by atoms with E-state index in [-0.39, 0.29) is 5.91 Å². The van der Waals surface area contributed by atoms with Gasteiger partial charge in [-0.15, -0.1) is 0 Å². The minimum absolute atomic E-state index is 0.186. The van der Waals surface area contributed by atoms with Gasteiger partial charge in [0.05, 0.1) is 6.42 Å². The molecule has 1 heterocycles. The molecule has 0 aromatic heterocycles. The molecule has 3 heteroatoms. The highest BCUT2D eigenvalue weighted by atomic mass is 16.2. The van der Waals surface area contributed by atoms with Crippen molar-refractivity contribution in [2.24, 2.45) is 0 Å². The largest absolute Gasteiger partial charge is 0.349 e. The summed E-state index contributed by atoms with van der Waals surface area (Å²) >= 11 is 0. The summed E-state index contributed by atoms with van der Waals surface area (Å²) in [6, 6.07) is 6.76. The van der Waals surface area contributed by atoms with E-state index in [9.17, 15) is 4.79 Å². The van der Waals surface area contributed by atoms with Crippen LogP contribution in [0.15, 0.2) is 18.2 Å². The maximum absolute atomic E-state index is 12.1. The number of benzene rings is 1. The van der Waals surface area contributed by atoms with Crippen molar-refractivity contribution in [3.8, 4) is 0 Å². The SMILES string of the molecule is CC(C)c1ccc(C2CCNCC2)c(CC(=O)N(C)C)c1. The lowest BCUT2D eigenvalue weighted by molar-refractivity contribution is -0.127. The number of hydrogen-bond acceptors (Lipinski definition) is 2. The average Bonchev–Trinajstić information content (AvgIpc) is 2.47. The second kappa shape index (κ2) is 7.08. The molecule has 1 N–H and O–H groups in total. The van der Waals surface area contributed by atoms with E-state index in [1.165, 1.54) is 29.5 Å². The molecule has 0 bridgehead atoms. The zero-order valence-electron chi connectivity index (χ0n) is 13.8. The van der Waals surface area contributed by atoms with Crippen molar-refractivity contribution in [3.63, 3.8) is 0 Å². The Hall–Kier alpha value is -1.35. The monoisotopic (exact) mass is 288 g/mol. The molecule has 1 aliphatic rings. The van der Waals surface area contributed by atoms with E-state index >= 15 is 0 Å². The second-order valence-corrected chi connectivity index (χ2v) is 6.60. The lowest BCUT2D eigenvalue weighted by Crippen LogP contribution is -2.28. The van der Waals surface area contributed by atoms with Gasteiger partial charge in [0.15, 0.2) is 0 Å². The zero-order valence-corrected chi connectivity index (χ0v) is 13.8. The molecular weight excluding hydrogens is 260 g/mol. The topological polar surface area (TPSA) is 32.3 Å². The lowest BCUT2D eigenvalue weighted by Gasteiger charge is -2.26. The molecule has 0 aliphatic carbocycles. The number of carbonyl (C=O) groups excluding carboxylic acids is 1. The van der Waals surface area contributed by atoms with Gasteiger partial charge in [0.25, 0.3) is 0 Å². The fourth-order valence-corrected chi connectivity index (χ4v) is 2.99. The third-order valence-corrected chi connectivity index (χ3v) is 4.45. The number of hydrogen-bond donors (Lipinski definition) is 1. The van der Waals surface area contributed by atoms with Gasteiger partial charge >= 0.3 is 0 Å². The first-order valence-electron chi connectivity index (χ1n) is 8.02. The van der Waals surface area contributed by atoms with Crippen molar-refractivity contribution in [3.05, 3.63) is 34.9 Å². The molecule has 1 amide bonds. The van der Waals surface area contributed by atoms with Crippen LogP contribution in [0.1, 0.15) is 55.2 Å². The molecule has 0 unspecified atom stereocenters. The van der Waals surface area contributed by atoms with E-state index < -0.39 is 0 Å². The quantitative estimate of drug-likeness (QED) is 0.924. The molecule has 1 fully saturated rings. The van der Waals surface area contributed by atoms with Crippen molar-refractivity contribution < 1.29 is 4.79 Å². The van der Waals surface area contributed by atoms with E-state index in [0.717, 1.165) is 13.1 Å². The van der Waals surface area contributed by atoms with Crippen molar-refractivity contribution in [2.75, 3.05) is 27.2 Å². The van der Waals surface area contributed by atoms with E-state index in [0.29, 0.717) is 18.3 Å². The Balaban J connectivity index is 2.31. The van der Waals surface area contributed by atoms with E-state index in [2.05, 4.69) is 37.4 Å². The number of nitrogens with one attached hydrogen (secondary N) is 1. The highest BCUT2D eigenvalue weighted by Crippen LogP contribution is 2.30. The van der Waals surface area contributed by atoms with Gasteiger partial charge in [0.2, 0.25) is 5.91 Å². The molecule has 116 valence electrons. The molecule has 0 spiro atoms. The summed E-state index contributed by atoms with van der Waals surface area (Å²) in [5.74, 6) is 1.28.